The molecule has 0 unspecified atom stereocenters. The number of carbonyl (C=O) groups excluding carboxylic acids is 2. The van der Waals surface area contributed by atoms with Crippen molar-refractivity contribution in [1.29, 1.82) is 0 Å². The first-order chi connectivity index (χ1) is 5.49. The molecule has 0 radical (unpaired) electrons. The number of halogens is 3. The molecule has 0 aromatic heterocycles. The normalized spacial score (nSPS) is 8.58. The van der Waals surface area contributed by atoms with Crippen molar-refractivity contribution < 1.29 is 27.5 Å². The third-order valence-electron chi connectivity index (χ3n) is 0.705. The van der Waals surface area contributed by atoms with E-state index in [1.54, 1.807) is 0 Å². The van der Waals surface area contributed by atoms with Gasteiger partial charge in [0.1, 0.15) is 0 Å². The van der Waals surface area contributed by atoms with Crippen LogP contribution in [0.3, 0.4) is 0 Å². The number of ether oxygens (including phenoxy) is 1. The minimum atomic E-state index is -2.84. The van der Waals surface area contributed by atoms with Crippen molar-refractivity contribution in [1.82, 2.24) is 0 Å². The van der Waals surface area contributed by atoms with Crippen molar-refractivity contribution in [3.8, 4) is 0 Å². The average molecular weight is 180 g/mol. The van der Waals surface area contributed by atoms with E-state index in [4.69, 9.17) is 0 Å². The van der Waals surface area contributed by atoms with Gasteiger partial charge in [0.2, 0.25) is 0 Å². The van der Waals surface area contributed by atoms with Crippen LogP contribution in [-0.2, 0) is 14.3 Å². The molecule has 0 rings (SSSR count). The summed E-state index contributed by atoms with van der Waals surface area (Å²) in [4.78, 5) is 20.3. The second-order valence-corrected chi connectivity index (χ2v) is 1.49. The molecule has 0 saturated carbocycles. The third-order valence-corrected chi connectivity index (χ3v) is 0.705. The number of carbonyl (C=O) groups is 2. The van der Waals surface area contributed by atoms with Gasteiger partial charge in [-0.2, -0.15) is 13.2 Å². The maximum absolute atomic E-state index is 11.9. The quantitative estimate of drug-likeness (QED) is 0.365. The summed E-state index contributed by atoms with van der Waals surface area (Å²) in [6.07, 6.45) is -2.29. The summed E-state index contributed by atoms with van der Waals surface area (Å²) in [5.41, 5.74) is 0. The molecular formula is C6H3F3O3. The standard InChI is InChI=1S/C6H3F3O3/c1-2-3(10)12-6(11)4(7)5(8)9/h2H,1H2. The third kappa shape index (κ3) is 3.00. The monoisotopic (exact) mass is 180 g/mol. The fraction of sp³-hybridized carbons (Fsp3) is 0. The summed E-state index contributed by atoms with van der Waals surface area (Å²) in [6, 6.07) is 0. The molecule has 12 heavy (non-hydrogen) atoms. The van der Waals surface area contributed by atoms with Gasteiger partial charge in [-0.1, -0.05) is 6.58 Å². The van der Waals surface area contributed by atoms with Gasteiger partial charge in [-0.25, -0.2) is 9.59 Å². The van der Waals surface area contributed by atoms with Crippen molar-refractivity contribution >= 4 is 11.9 Å². The van der Waals surface area contributed by atoms with E-state index >= 15 is 0 Å². The summed E-state index contributed by atoms with van der Waals surface area (Å²) in [7, 11) is 0. The second kappa shape index (κ2) is 4.32. The Morgan fingerprint density at radius 3 is 2.08 bits per heavy atom. The zero-order valence-electron chi connectivity index (χ0n) is 5.64. The molecule has 0 aromatic carbocycles. The lowest BCUT2D eigenvalue weighted by Gasteiger charge is -1.94. The highest BCUT2D eigenvalue weighted by molar-refractivity contribution is 5.98. The van der Waals surface area contributed by atoms with E-state index in [9.17, 15) is 22.8 Å². The Kier molecular flexibility index (Phi) is 3.75. The van der Waals surface area contributed by atoms with Gasteiger partial charge >= 0.3 is 18.0 Å². The predicted octanol–water partition coefficient (Wildman–Crippen LogP) is 1.32. The zero-order chi connectivity index (χ0) is 9.72. The van der Waals surface area contributed by atoms with Crippen LogP contribution in [0.15, 0.2) is 24.6 Å². The van der Waals surface area contributed by atoms with Gasteiger partial charge in [0.05, 0.1) is 0 Å². The molecular weight excluding hydrogens is 177 g/mol. The number of hydrogen-bond acceptors (Lipinski definition) is 3. The summed E-state index contributed by atoms with van der Waals surface area (Å²) in [5.74, 6) is -5.71. The highest BCUT2D eigenvalue weighted by Crippen LogP contribution is 2.10. The molecule has 0 aliphatic heterocycles. The highest BCUT2D eigenvalue weighted by atomic mass is 19.3. The van der Waals surface area contributed by atoms with Gasteiger partial charge in [-0.05, 0) is 0 Å². The fourth-order valence-corrected chi connectivity index (χ4v) is 0.255. The lowest BCUT2D eigenvalue weighted by molar-refractivity contribution is -0.154. The number of esters is 2. The Balaban J connectivity index is 4.34. The van der Waals surface area contributed by atoms with Crippen molar-refractivity contribution in [2.75, 3.05) is 0 Å². The first-order valence-corrected chi connectivity index (χ1v) is 2.58. The van der Waals surface area contributed by atoms with Crippen LogP contribution in [0, 0.1) is 0 Å². The van der Waals surface area contributed by atoms with Gasteiger partial charge in [0.25, 0.3) is 5.83 Å². The molecule has 0 atom stereocenters. The Hall–Kier alpha value is -1.59. The van der Waals surface area contributed by atoms with Crippen LogP contribution in [0.5, 0.6) is 0 Å². The minimum Gasteiger partial charge on any atom is -0.384 e. The van der Waals surface area contributed by atoms with E-state index < -0.39 is 23.8 Å². The topological polar surface area (TPSA) is 43.4 Å². The molecule has 3 nitrogen and oxygen atoms in total. The Morgan fingerprint density at radius 1 is 1.25 bits per heavy atom. The first kappa shape index (κ1) is 10.4. The van der Waals surface area contributed by atoms with Gasteiger partial charge in [-0.15, -0.1) is 0 Å². The van der Waals surface area contributed by atoms with Crippen LogP contribution in [0.1, 0.15) is 0 Å². The molecule has 0 aliphatic rings. The molecule has 66 valence electrons. The molecule has 0 N–H and O–H groups in total. The molecule has 6 heteroatoms. The molecule has 0 spiro atoms. The van der Waals surface area contributed by atoms with Gasteiger partial charge in [-0.3, -0.25) is 0 Å². The fourth-order valence-electron chi connectivity index (χ4n) is 0.255. The molecule has 0 aromatic rings. The van der Waals surface area contributed by atoms with E-state index in [0.29, 0.717) is 6.08 Å². The Morgan fingerprint density at radius 2 is 1.75 bits per heavy atom. The molecule has 0 fully saturated rings. The summed E-state index contributed by atoms with van der Waals surface area (Å²) < 4.78 is 38.0. The largest absolute Gasteiger partial charge is 0.384 e. The zero-order valence-corrected chi connectivity index (χ0v) is 5.64. The van der Waals surface area contributed by atoms with Crippen molar-refractivity contribution in [2.45, 2.75) is 0 Å². The average Bonchev–Trinajstić information content (AvgIpc) is 2.02. The maximum atomic E-state index is 11.9. The van der Waals surface area contributed by atoms with Crippen LogP contribution in [0.25, 0.3) is 0 Å². The maximum Gasteiger partial charge on any atom is 0.380 e. The van der Waals surface area contributed by atoms with E-state index in [1.807, 2.05) is 0 Å². The SMILES string of the molecule is C=CC(=O)OC(=O)C(F)=C(F)F. The van der Waals surface area contributed by atoms with Gasteiger partial charge in [0, 0.05) is 6.08 Å². The Labute approximate surface area is 65.1 Å². The van der Waals surface area contributed by atoms with E-state index in [-0.39, 0.29) is 0 Å². The molecule has 0 amide bonds. The van der Waals surface area contributed by atoms with Crippen LogP contribution < -0.4 is 0 Å². The van der Waals surface area contributed by atoms with Crippen LogP contribution in [-0.4, -0.2) is 11.9 Å². The highest BCUT2D eigenvalue weighted by Gasteiger charge is 2.19. The Bertz CT molecular complexity index is 253. The van der Waals surface area contributed by atoms with E-state index in [1.165, 1.54) is 0 Å². The first-order valence-electron chi connectivity index (χ1n) is 2.58. The lowest BCUT2D eigenvalue weighted by atomic mass is 10.6. The van der Waals surface area contributed by atoms with E-state index in [0.717, 1.165) is 0 Å². The molecule has 0 bridgehead atoms. The van der Waals surface area contributed by atoms with Crippen LogP contribution in [0.4, 0.5) is 13.2 Å². The molecule has 0 heterocycles. The predicted molar refractivity (Wildman–Crippen MR) is 31.6 cm³/mol. The molecule has 0 saturated heterocycles. The van der Waals surface area contributed by atoms with Gasteiger partial charge in [0.15, 0.2) is 0 Å². The smallest absolute Gasteiger partial charge is 0.380 e. The van der Waals surface area contributed by atoms with Gasteiger partial charge < -0.3 is 4.74 Å². The second-order valence-electron chi connectivity index (χ2n) is 1.49. The van der Waals surface area contributed by atoms with Crippen molar-refractivity contribution in [2.24, 2.45) is 0 Å². The minimum absolute atomic E-state index is 0.543. The summed E-state index contributed by atoms with van der Waals surface area (Å²) in [6.45, 7) is 2.87. The van der Waals surface area contributed by atoms with Crippen molar-refractivity contribution in [3.05, 3.63) is 24.6 Å². The molecule has 0 aliphatic carbocycles. The number of rotatable bonds is 2. The summed E-state index contributed by atoms with van der Waals surface area (Å²) >= 11 is 0. The lowest BCUT2D eigenvalue weighted by Crippen LogP contribution is -2.10. The summed E-state index contributed by atoms with van der Waals surface area (Å²) in [5, 5.41) is 0. The van der Waals surface area contributed by atoms with Crippen molar-refractivity contribution in [3.63, 3.8) is 0 Å². The van der Waals surface area contributed by atoms with Crippen LogP contribution in [0.2, 0.25) is 0 Å². The van der Waals surface area contributed by atoms with E-state index in [2.05, 4.69) is 11.3 Å². The number of hydrogen-bond donors (Lipinski definition) is 0. The van der Waals surface area contributed by atoms with Crippen LogP contribution >= 0.6 is 0 Å².